The molecule has 2 aromatic rings. The summed E-state index contributed by atoms with van der Waals surface area (Å²) < 4.78 is 4.95. The van der Waals surface area contributed by atoms with E-state index >= 15 is 0 Å². The lowest BCUT2D eigenvalue weighted by molar-refractivity contribution is 0.0526. The second kappa shape index (κ2) is 8.40. The molecule has 0 aliphatic rings. The van der Waals surface area contributed by atoms with Crippen molar-refractivity contribution < 1.29 is 14.4 Å². The number of carbonyl (C=O) groups excluding carboxylic acids is 1. The van der Waals surface area contributed by atoms with Gasteiger partial charge in [-0.1, -0.05) is 41.4 Å². The van der Waals surface area contributed by atoms with Gasteiger partial charge in [0.05, 0.1) is 12.2 Å². The minimum Gasteiger partial charge on any atom is -0.462 e. The first kappa shape index (κ1) is 16.3. The Kier molecular flexibility index (Phi) is 5.96. The summed E-state index contributed by atoms with van der Waals surface area (Å²) in [5, 5.41) is 3.95. The molecule has 0 bridgehead atoms. The Morgan fingerprint density at radius 2 is 1.74 bits per heavy atom. The quantitative estimate of drug-likeness (QED) is 0.377. The van der Waals surface area contributed by atoms with Gasteiger partial charge in [-0.3, -0.25) is 0 Å². The van der Waals surface area contributed by atoms with Crippen molar-refractivity contribution in [2.75, 3.05) is 13.7 Å². The minimum absolute atomic E-state index is 0.335. The highest BCUT2D eigenvalue weighted by Gasteiger charge is 2.05. The second-order valence-electron chi connectivity index (χ2n) is 4.54. The molecule has 0 aliphatic carbocycles. The molecular weight excluding hydrogens is 290 g/mol. The number of hydrogen-bond acceptors (Lipinski definition) is 4. The van der Waals surface area contributed by atoms with Gasteiger partial charge in [0.2, 0.25) is 0 Å². The van der Waals surface area contributed by atoms with Crippen LogP contribution in [0.25, 0.3) is 0 Å². The number of benzene rings is 2. The van der Waals surface area contributed by atoms with Gasteiger partial charge < -0.3 is 9.57 Å². The Hall–Kier alpha value is -3.06. The maximum Gasteiger partial charge on any atom is 0.338 e. The summed E-state index contributed by atoms with van der Waals surface area (Å²) in [4.78, 5) is 16.4. The number of nitrogens with zero attached hydrogens (tertiary/aromatic N) is 1. The van der Waals surface area contributed by atoms with E-state index in [0.717, 1.165) is 11.1 Å². The van der Waals surface area contributed by atoms with Crippen molar-refractivity contribution in [2.45, 2.75) is 6.92 Å². The molecule has 0 amide bonds. The molecular formula is C19H17NO3. The average molecular weight is 307 g/mol. The van der Waals surface area contributed by atoms with Gasteiger partial charge in [0.1, 0.15) is 7.11 Å². The Morgan fingerprint density at radius 3 is 2.35 bits per heavy atom. The fourth-order valence-corrected chi connectivity index (χ4v) is 1.87. The second-order valence-corrected chi connectivity index (χ2v) is 4.54. The first-order chi connectivity index (χ1) is 11.2. The lowest BCUT2D eigenvalue weighted by Gasteiger charge is -2.01. The molecule has 116 valence electrons. The zero-order chi connectivity index (χ0) is 16.5. The van der Waals surface area contributed by atoms with Crippen LogP contribution in [0.2, 0.25) is 0 Å². The fraction of sp³-hybridized carbons (Fsp3) is 0.158. The SMILES string of the molecule is CCOC(=O)c1ccc(C#C/C(=N\OC)c2ccccc2)cc1. The van der Waals surface area contributed by atoms with E-state index in [2.05, 4.69) is 17.0 Å². The van der Waals surface area contributed by atoms with E-state index in [-0.39, 0.29) is 5.97 Å². The normalized spacial score (nSPS) is 10.4. The largest absolute Gasteiger partial charge is 0.462 e. The molecule has 0 radical (unpaired) electrons. The van der Waals surface area contributed by atoms with Gasteiger partial charge in [0, 0.05) is 11.1 Å². The zero-order valence-electron chi connectivity index (χ0n) is 13.1. The number of ether oxygens (including phenoxy) is 1. The molecule has 4 nitrogen and oxygen atoms in total. The summed E-state index contributed by atoms with van der Waals surface area (Å²) in [7, 11) is 1.48. The van der Waals surface area contributed by atoms with E-state index in [1.807, 2.05) is 30.3 Å². The molecule has 2 aromatic carbocycles. The summed E-state index contributed by atoms with van der Waals surface area (Å²) in [6.45, 7) is 2.13. The van der Waals surface area contributed by atoms with Gasteiger partial charge in [-0.05, 0) is 37.1 Å². The summed E-state index contributed by atoms with van der Waals surface area (Å²) in [6.07, 6.45) is 0. The molecule has 0 N–H and O–H groups in total. The first-order valence-electron chi connectivity index (χ1n) is 7.20. The molecule has 4 heteroatoms. The molecule has 0 aromatic heterocycles. The highest BCUT2D eigenvalue weighted by molar-refractivity contribution is 6.12. The first-order valence-corrected chi connectivity index (χ1v) is 7.20. The van der Waals surface area contributed by atoms with Crippen LogP contribution in [-0.4, -0.2) is 25.4 Å². The van der Waals surface area contributed by atoms with Crippen LogP contribution in [0.1, 0.15) is 28.4 Å². The van der Waals surface area contributed by atoms with E-state index in [4.69, 9.17) is 9.57 Å². The Balaban J connectivity index is 2.19. The van der Waals surface area contributed by atoms with Gasteiger partial charge in [0.15, 0.2) is 5.71 Å². The van der Waals surface area contributed by atoms with Crippen LogP contribution in [0.3, 0.4) is 0 Å². The van der Waals surface area contributed by atoms with Crippen LogP contribution < -0.4 is 0 Å². The van der Waals surface area contributed by atoms with E-state index in [9.17, 15) is 4.79 Å². The monoisotopic (exact) mass is 307 g/mol. The average Bonchev–Trinajstić information content (AvgIpc) is 2.60. The molecule has 0 fully saturated rings. The van der Waals surface area contributed by atoms with Crippen LogP contribution in [0, 0.1) is 11.8 Å². The van der Waals surface area contributed by atoms with E-state index in [1.54, 1.807) is 31.2 Å². The van der Waals surface area contributed by atoms with Crippen molar-refractivity contribution in [3.05, 3.63) is 71.3 Å². The third-order valence-corrected chi connectivity index (χ3v) is 2.95. The highest BCUT2D eigenvalue weighted by atomic mass is 16.6. The third kappa shape index (κ3) is 4.72. The summed E-state index contributed by atoms with van der Waals surface area (Å²) >= 11 is 0. The van der Waals surface area contributed by atoms with Crippen molar-refractivity contribution in [1.82, 2.24) is 0 Å². The van der Waals surface area contributed by atoms with E-state index in [0.29, 0.717) is 17.9 Å². The van der Waals surface area contributed by atoms with E-state index < -0.39 is 0 Å². The maximum atomic E-state index is 11.6. The predicted octanol–water partition coefficient (Wildman–Crippen LogP) is 3.27. The summed E-state index contributed by atoms with van der Waals surface area (Å²) in [5.74, 6) is 5.66. The molecule has 23 heavy (non-hydrogen) atoms. The summed E-state index contributed by atoms with van der Waals surface area (Å²) in [5.41, 5.74) is 2.71. The van der Waals surface area contributed by atoms with Gasteiger partial charge in [-0.2, -0.15) is 0 Å². The topological polar surface area (TPSA) is 47.9 Å². The van der Waals surface area contributed by atoms with Gasteiger partial charge >= 0.3 is 5.97 Å². The molecule has 0 aliphatic heterocycles. The number of carbonyl (C=O) groups is 1. The van der Waals surface area contributed by atoms with E-state index in [1.165, 1.54) is 7.11 Å². The van der Waals surface area contributed by atoms with Crippen molar-refractivity contribution in [2.24, 2.45) is 5.16 Å². The minimum atomic E-state index is -0.335. The zero-order valence-corrected chi connectivity index (χ0v) is 13.1. The number of oxime groups is 1. The molecule has 0 atom stereocenters. The van der Waals surface area contributed by atoms with Gasteiger partial charge in [0.25, 0.3) is 0 Å². The maximum absolute atomic E-state index is 11.6. The number of hydrogen-bond donors (Lipinski definition) is 0. The van der Waals surface area contributed by atoms with Crippen molar-refractivity contribution in [3.63, 3.8) is 0 Å². The lowest BCUT2D eigenvalue weighted by atomic mass is 10.1. The Bertz CT molecular complexity index is 738. The van der Waals surface area contributed by atoms with Crippen LogP contribution in [-0.2, 0) is 9.57 Å². The lowest BCUT2D eigenvalue weighted by Crippen LogP contribution is -2.04. The molecule has 0 saturated heterocycles. The number of esters is 1. The Labute approximate surface area is 135 Å². The number of rotatable bonds is 4. The molecule has 2 rings (SSSR count). The van der Waals surface area contributed by atoms with Gasteiger partial charge in [-0.15, -0.1) is 0 Å². The van der Waals surface area contributed by atoms with Crippen LogP contribution in [0.5, 0.6) is 0 Å². The van der Waals surface area contributed by atoms with Crippen molar-refractivity contribution >= 4 is 11.7 Å². The smallest absolute Gasteiger partial charge is 0.338 e. The molecule has 0 spiro atoms. The predicted molar refractivity (Wildman–Crippen MR) is 89.3 cm³/mol. The van der Waals surface area contributed by atoms with Crippen LogP contribution in [0.15, 0.2) is 59.8 Å². The molecule has 0 heterocycles. The van der Waals surface area contributed by atoms with Crippen LogP contribution in [0.4, 0.5) is 0 Å². The molecule has 0 unspecified atom stereocenters. The Morgan fingerprint density at radius 1 is 1.04 bits per heavy atom. The molecule has 0 saturated carbocycles. The van der Waals surface area contributed by atoms with Crippen molar-refractivity contribution in [1.29, 1.82) is 0 Å². The highest BCUT2D eigenvalue weighted by Crippen LogP contribution is 2.06. The third-order valence-electron chi connectivity index (χ3n) is 2.95. The van der Waals surface area contributed by atoms with Crippen LogP contribution >= 0.6 is 0 Å². The van der Waals surface area contributed by atoms with Crippen molar-refractivity contribution in [3.8, 4) is 11.8 Å². The van der Waals surface area contributed by atoms with Gasteiger partial charge in [-0.25, -0.2) is 4.79 Å². The summed E-state index contributed by atoms with van der Waals surface area (Å²) in [6, 6.07) is 16.5. The standard InChI is InChI=1S/C19H17NO3/c1-3-23-19(21)17-12-9-15(10-13-17)11-14-18(20-22-2)16-7-5-4-6-8-16/h4-10,12-13H,3H2,1-2H3/b20-18+. The fourth-order valence-electron chi connectivity index (χ4n) is 1.87.